The summed E-state index contributed by atoms with van der Waals surface area (Å²) in [5.74, 6) is 0.897. The molecule has 3 rings (SSSR count). The first-order chi connectivity index (χ1) is 10.3. The Labute approximate surface area is 128 Å². The predicted molar refractivity (Wildman–Crippen MR) is 86.3 cm³/mol. The summed E-state index contributed by atoms with van der Waals surface area (Å²) in [5.41, 5.74) is 2.44. The molecule has 0 aliphatic carbocycles. The maximum atomic E-state index is 5.19. The molecule has 0 saturated heterocycles. The highest BCUT2D eigenvalue weighted by atomic mass is 32.1. The summed E-state index contributed by atoms with van der Waals surface area (Å²) in [6.45, 7) is 0. The Balaban J connectivity index is 1.67. The lowest BCUT2D eigenvalue weighted by Gasteiger charge is -2.15. The van der Waals surface area contributed by atoms with Crippen molar-refractivity contribution in [3.05, 3.63) is 53.3 Å². The van der Waals surface area contributed by atoms with Crippen LogP contribution in [0.15, 0.2) is 42.0 Å². The van der Waals surface area contributed by atoms with Gasteiger partial charge in [0.25, 0.3) is 0 Å². The molecule has 1 atom stereocenters. The van der Waals surface area contributed by atoms with E-state index in [-0.39, 0.29) is 0 Å². The first-order valence-corrected chi connectivity index (χ1v) is 7.87. The average Bonchev–Trinajstić information content (AvgIpc) is 3.08. The van der Waals surface area contributed by atoms with E-state index in [1.165, 1.54) is 5.56 Å². The molecule has 110 valence electrons. The third kappa shape index (κ3) is 3.25. The van der Waals surface area contributed by atoms with Crippen LogP contribution in [0.2, 0.25) is 0 Å². The van der Waals surface area contributed by atoms with Gasteiger partial charge < -0.3 is 10.1 Å². The molecule has 0 radical (unpaired) electrons. The second kappa shape index (κ2) is 6.28. The van der Waals surface area contributed by atoms with Gasteiger partial charge in [0.1, 0.15) is 5.75 Å². The topological polar surface area (TPSA) is 38.6 Å². The minimum atomic E-state index is 0.378. The van der Waals surface area contributed by atoms with Crippen LogP contribution < -0.4 is 10.1 Å². The number of likely N-dealkylation sites (N-methyl/N-ethyl adjacent to an activating group) is 1. The van der Waals surface area contributed by atoms with E-state index in [2.05, 4.69) is 38.4 Å². The summed E-state index contributed by atoms with van der Waals surface area (Å²) in [5, 5.41) is 5.44. The van der Waals surface area contributed by atoms with Crippen LogP contribution in [0.25, 0.3) is 4.96 Å². The van der Waals surface area contributed by atoms with Crippen LogP contribution in [-0.2, 0) is 12.8 Å². The van der Waals surface area contributed by atoms with Gasteiger partial charge in [0.15, 0.2) is 4.96 Å². The van der Waals surface area contributed by atoms with E-state index in [9.17, 15) is 0 Å². The molecular formula is C16H19N3OS. The molecule has 3 aromatic rings. The Morgan fingerprint density at radius 2 is 2.10 bits per heavy atom. The summed E-state index contributed by atoms with van der Waals surface area (Å²) in [6, 6.07) is 8.63. The smallest absolute Gasteiger partial charge is 0.193 e. The zero-order chi connectivity index (χ0) is 14.7. The quantitative estimate of drug-likeness (QED) is 0.761. The van der Waals surface area contributed by atoms with Gasteiger partial charge in [0, 0.05) is 30.2 Å². The summed E-state index contributed by atoms with van der Waals surface area (Å²) in [6.07, 6.45) is 6.07. The molecule has 1 aromatic carbocycles. The van der Waals surface area contributed by atoms with Crippen LogP contribution in [0.4, 0.5) is 0 Å². The van der Waals surface area contributed by atoms with Crippen LogP contribution in [-0.4, -0.2) is 29.6 Å². The number of fused-ring (bicyclic) bond motifs is 1. The van der Waals surface area contributed by atoms with Crippen molar-refractivity contribution in [2.75, 3.05) is 14.2 Å². The first-order valence-electron chi connectivity index (χ1n) is 7.00. The van der Waals surface area contributed by atoms with Crippen LogP contribution in [0.1, 0.15) is 11.3 Å². The van der Waals surface area contributed by atoms with Crippen LogP contribution in [0.3, 0.4) is 0 Å². The molecular weight excluding hydrogens is 282 g/mol. The van der Waals surface area contributed by atoms with Gasteiger partial charge in [-0.15, -0.1) is 11.3 Å². The Bertz CT molecular complexity index is 673. The van der Waals surface area contributed by atoms with E-state index < -0.39 is 0 Å². The highest BCUT2D eigenvalue weighted by Crippen LogP contribution is 2.16. The van der Waals surface area contributed by atoms with Crippen LogP contribution in [0, 0.1) is 0 Å². The van der Waals surface area contributed by atoms with E-state index in [1.54, 1.807) is 18.4 Å². The Hall–Kier alpha value is -1.85. The first kappa shape index (κ1) is 14.1. The molecule has 0 aliphatic rings. The van der Waals surface area contributed by atoms with Gasteiger partial charge in [0.05, 0.1) is 12.8 Å². The molecule has 1 unspecified atom stereocenters. The maximum Gasteiger partial charge on any atom is 0.193 e. The standard InChI is InChI=1S/C16H19N3OS/c1-17-13(9-12-3-5-15(20-2)6-4-12)10-14-11-19-7-8-21-16(19)18-14/h3-8,11,13,17H,9-10H2,1-2H3. The van der Waals surface area contributed by atoms with Crippen molar-refractivity contribution in [1.82, 2.24) is 14.7 Å². The molecule has 0 spiro atoms. The van der Waals surface area contributed by atoms with Crippen LogP contribution >= 0.6 is 11.3 Å². The maximum absolute atomic E-state index is 5.19. The Morgan fingerprint density at radius 3 is 2.76 bits per heavy atom. The van der Waals surface area contributed by atoms with Crippen molar-refractivity contribution in [2.24, 2.45) is 0 Å². The number of nitrogens with zero attached hydrogens (tertiary/aromatic N) is 2. The molecule has 4 nitrogen and oxygen atoms in total. The molecule has 1 N–H and O–H groups in total. The number of imidazole rings is 1. The van der Waals surface area contributed by atoms with Crippen molar-refractivity contribution in [3.8, 4) is 5.75 Å². The fraction of sp³-hybridized carbons (Fsp3) is 0.312. The number of ether oxygens (including phenoxy) is 1. The number of benzene rings is 1. The van der Waals surface area contributed by atoms with E-state index in [0.29, 0.717) is 6.04 Å². The number of methoxy groups -OCH3 is 1. The summed E-state index contributed by atoms with van der Waals surface area (Å²) >= 11 is 1.67. The lowest BCUT2D eigenvalue weighted by Crippen LogP contribution is -2.30. The molecule has 0 aliphatic heterocycles. The summed E-state index contributed by atoms with van der Waals surface area (Å²) in [7, 11) is 3.70. The molecule has 2 aromatic heterocycles. The monoisotopic (exact) mass is 301 g/mol. The highest BCUT2D eigenvalue weighted by molar-refractivity contribution is 7.15. The zero-order valence-electron chi connectivity index (χ0n) is 12.2. The number of aromatic nitrogens is 2. The third-order valence-electron chi connectivity index (χ3n) is 3.65. The molecule has 21 heavy (non-hydrogen) atoms. The molecule has 2 heterocycles. The molecule has 0 amide bonds. The number of thiazole rings is 1. The zero-order valence-corrected chi connectivity index (χ0v) is 13.1. The molecule has 0 bridgehead atoms. The average molecular weight is 301 g/mol. The normalized spacial score (nSPS) is 12.7. The van der Waals surface area contributed by atoms with E-state index >= 15 is 0 Å². The van der Waals surface area contributed by atoms with Gasteiger partial charge >= 0.3 is 0 Å². The van der Waals surface area contributed by atoms with Crippen molar-refractivity contribution >= 4 is 16.3 Å². The second-order valence-electron chi connectivity index (χ2n) is 5.07. The molecule has 0 saturated carbocycles. The number of rotatable bonds is 6. The van der Waals surface area contributed by atoms with Gasteiger partial charge in [-0.2, -0.15) is 0 Å². The largest absolute Gasteiger partial charge is 0.497 e. The van der Waals surface area contributed by atoms with Crippen molar-refractivity contribution < 1.29 is 4.74 Å². The van der Waals surface area contributed by atoms with Gasteiger partial charge in [-0.25, -0.2) is 4.98 Å². The van der Waals surface area contributed by atoms with E-state index in [4.69, 9.17) is 4.74 Å². The summed E-state index contributed by atoms with van der Waals surface area (Å²) in [4.78, 5) is 5.71. The second-order valence-corrected chi connectivity index (χ2v) is 5.94. The van der Waals surface area contributed by atoms with Crippen molar-refractivity contribution in [2.45, 2.75) is 18.9 Å². The number of nitrogens with one attached hydrogen (secondary N) is 1. The van der Waals surface area contributed by atoms with Gasteiger partial charge in [0.2, 0.25) is 0 Å². The van der Waals surface area contributed by atoms with E-state index in [1.807, 2.05) is 25.4 Å². The number of hydrogen-bond donors (Lipinski definition) is 1. The van der Waals surface area contributed by atoms with Gasteiger partial charge in [-0.3, -0.25) is 4.40 Å². The third-order valence-corrected chi connectivity index (χ3v) is 4.42. The van der Waals surface area contributed by atoms with Crippen molar-refractivity contribution in [3.63, 3.8) is 0 Å². The fourth-order valence-corrected chi connectivity index (χ4v) is 3.17. The highest BCUT2D eigenvalue weighted by Gasteiger charge is 2.11. The Morgan fingerprint density at radius 1 is 1.29 bits per heavy atom. The Kier molecular flexibility index (Phi) is 4.22. The molecule has 0 fully saturated rings. The minimum absolute atomic E-state index is 0.378. The molecule has 5 heteroatoms. The van der Waals surface area contributed by atoms with Gasteiger partial charge in [-0.05, 0) is 31.2 Å². The van der Waals surface area contributed by atoms with Crippen molar-refractivity contribution in [1.29, 1.82) is 0 Å². The van der Waals surface area contributed by atoms with Gasteiger partial charge in [-0.1, -0.05) is 12.1 Å². The summed E-state index contributed by atoms with van der Waals surface area (Å²) < 4.78 is 7.28. The van der Waals surface area contributed by atoms with E-state index in [0.717, 1.165) is 29.2 Å². The number of hydrogen-bond acceptors (Lipinski definition) is 4. The minimum Gasteiger partial charge on any atom is -0.497 e. The van der Waals surface area contributed by atoms with Crippen LogP contribution in [0.5, 0.6) is 5.75 Å². The lowest BCUT2D eigenvalue weighted by atomic mass is 10.0. The predicted octanol–water partition coefficient (Wildman–Crippen LogP) is 2.78. The fourth-order valence-electron chi connectivity index (χ4n) is 2.45. The SMILES string of the molecule is CNC(Cc1ccc(OC)cc1)Cc1cn2ccsc2n1. The lowest BCUT2D eigenvalue weighted by molar-refractivity contribution is 0.414.